The lowest BCUT2D eigenvalue weighted by Gasteiger charge is -2.61. The lowest BCUT2D eigenvalue weighted by molar-refractivity contribution is -0.330. The van der Waals surface area contributed by atoms with Crippen LogP contribution in [0.25, 0.3) is 5.52 Å². The molecule has 3 aromatic heterocycles. The zero-order chi connectivity index (χ0) is 25.9. The Hall–Kier alpha value is -3.17. The van der Waals surface area contributed by atoms with Crippen molar-refractivity contribution in [1.82, 2.24) is 30.1 Å². The van der Waals surface area contributed by atoms with Crippen LogP contribution >= 0.6 is 11.6 Å². The maximum absolute atomic E-state index is 15.1. The van der Waals surface area contributed by atoms with E-state index >= 15 is 4.39 Å². The number of hydrogen-bond donors (Lipinski definition) is 3. The van der Waals surface area contributed by atoms with Crippen LogP contribution in [0.2, 0.25) is 5.15 Å². The number of rotatable bonds is 7. The van der Waals surface area contributed by atoms with Crippen LogP contribution in [0.3, 0.4) is 0 Å². The van der Waals surface area contributed by atoms with Crippen LogP contribution in [-0.2, 0) is 20.8 Å². The predicted molar refractivity (Wildman–Crippen MR) is 118 cm³/mol. The molecule has 2 bridgehead atoms. The van der Waals surface area contributed by atoms with E-state index in [1.165, 1.54) is 22.8 Å². The topological polar surface area (TPSA) is 128 Å². The Kier molecular flexibility index (Phi) is 5.69. The average Bonchev–Trinajstić information content (AvgIpc) is 3.47. The van der Waals surface area contributed by atoms with Gasteiger partial charge in [-0.1, -0.05) is 11.6 Å². The number of nitrogens with zero attached hydrogens (tertiary/aromatic N) is 4. The molecule has 11 nitrogen and oxygen atoms in total. The first kappa shape index (κ1) is 24.2. The second-order valence-corrected chi connectivity index (χ2v) is 9.86. The molecule has 4 fully saturated rings. The molecule has 37 heavy (non-hydrogen) atoms. The third kappa shape index (κ3) is 4.78. The largest absolute Gasteiger partial charge is 0.522 e. The van der Waals surface area contributed by atoms with E-state index < -0.39 is 37.4 Å². The molecule has 3 atom stereocenters. The van der Waals surface area contributed by atoms with Crippen LogP contribution in [-0.4, -0.2) is 61.7 Å². The van der Waals surface area contributed by atoms with E-state index in [0.717, 1.165) is 19.3 Å². The van der Waals surface area contributed by atoms with E-state index in [4.69, 9.17) is 21.1 Å². The second-order valence-electron chi connectivity index (χ2n) is 9.47. The Labute approximate surface area is 210 Å². The molecule has 3 saturated carbocycles. The number of carbonyl (C=O) groups excluding carboxylic acids is 1. The van der Waals surface area contributed by atoms with E-state index in [0.29, 0.717) is 11.4 Å². The molecule has 0 radical (unpaired) electrons. The number of alkyl halides is 4. The second kappa shape index (κ2) is 8.70. The maximum Gasteiger partial charge on any atom is 0.522 e. The molecule has 1 unspecified atom stereocenters. The van der Waals surface area contributed by atoms with Crippen molar-refractivity contribution in [3.8, 4) is 0 Å². The number of ether oxygens (including phenoxy) is 3. The highest BCUT2D eigenvalue weighted by molar-refractivity contribution is 6.29. The summed E-state index contributed by atoms with van der Waals surface area (Å²) < 4.78 is 68.0. The smallest absolute Gasteiger partial charge is 0.441 e. The maximum atomic E-state index is 15.1. The number of H-pyrrole nitrogens is 1. The number of carbonyl (C=O) groups is 1. The SMILES string of the molecule is O=C(NC12CC(C1)C2)OC1CO[C@H](c2cc(Nc3nc(Cl)cn4nc(COC(F)(F)F)cc34)n[nH]2)[C@H]1F. The first-order valence-corrected chi connectivity index (χ1v) is 11.8. The quantitative estimate of drug-likeness (QED) is 0.381. The van der Waals surface area contributed by atoms with E-state index in [-0.39, 0.29) is 40.3 Å². The normalized spacial score (nSPS) is 28.6. The molecule has 16 heteroatoms. The molecule has 3 N–H and O–H groups in total. The van der Waals surface area contributed by atoms with E-state index in [9.17, 15) is 18.0 Å². The fraction of sp³-hybridized carbons (Fsp3) is 0.524. The molecule has 4 aliphatic rings. The third-order valence-corrected chi connectivity index (χ3v) is 6.94. The number of anilines is 2. The molecular weight excluding hydrogens is 526 g/mol. The third-order valence-electron chi connectivity index (χ3n) is 6.76. The minimum Gasteiger partial charge on any atom is -0.441 e. The van der Waals surface area contributed by atoms with Gasteiger partial charge in [-0.2, -0.15) is 10.2 Å². The lowest BCUT2D eigenvalue weighted by atomic mass is 9.50. The summed E-state index contributed by atoms with van der Waals surface area (Å²) in [6.07, 6.45) is -5.09. The number of hydrogen-bond acceptors (Lipinski definition) is 8. The van der Waals surface area contributed by atoms with Crippen molar-refractivity contribution in [1.29, 1.82) is 0 Å². The Morgan fingerprint density at radius 3 is 2.81 bits per heavy atom. The highest BCUT2D eigenvalue weighted by Gasteiger charge is 2.58. The van der Waals surface area contributed by atoms with Crippen LogP contribution < -0.4 is 10.6 Å². The summed E-state index contributed by atoms with van der Waals surface area (Å²) in [5, 5.41) is 16.5. The first-order valence-electron chi connectivity index (χ1n) is 11.4. The Bertz CT molecular complexity index is 1330. The number of alkyl carbamates (subject to hydrolysis) is 1. The molecule has 198 valence electrons. The van der Waals surface area contributed by atoms with Crippen molar-refractivity contribution in [3.63, 3.8) is 0 Å². The summed E-state index contributed by atoms with van der Waals surface area (Å²) >= 11 is 6.02. The van der Waals surface area contributed by atoms with Crippen LogP contribution in [0.5, 0.6) is 0 Å². The van der Waals surface area contributed by atoms with Crippen molar-refractivity contribution in [2.24, 2.45) is 5.92 Å². The van der Waals surface area contributed by atoms with Gasteiger partial charge in [0.2, 0.25) is 0 Å². The van der Waals surface area contributed by atoms with Crippen LogP contribution in [0.4, 0.5) is 34.0 Å². The molecule has 1 saturated heterocycles. The monoisotopic (exact) mass is 545 g/mol. The van der Waals surface area contributed by atoms with Gasteiger partial charge in [0.25, 0.3) is 0 Å². The number of aromatic nitrogens is 5. The molecule has 0 aromatic carbocycles. The van der Waals surface area contributed by atoms with E-state index in [1.807, 2.05) is 0 Å². The van der Waals surface area contributed by atoms with Gasteiger partial charge in [-0.25, -0.2) is 18.7 Å². The molecule has 7 rings (SSSR count). The van der Waals surface area contributed by atoms with Gasteiger partial charge in [-0.15, -0.1) is 13.2 Å². The minimum absolute atomic E-state index is 0.00380. The summed E-state index contributed by atoms with van der Waals surface area (Å²) in [7, 11) is 0. The average molecular weight is 546 g/mol. The molecule has 3 aliphatic carbocycles. The molecule has 4 heterocycles. The summed E-state index contributed by atoms with van der Waals surface area (Å²) in [4.78, 5) is 16.3. The summed E-state index contributed by atoms with van der Waals surface area (Å²) in [6.45, 7) is -0.916. The van der Waals surface area contributed by atoms with Crippen LogP contribution in [0.1, 0.15) is 36.8 Å². The summed E-state index contributed by atoms with van der Waals surface area (Å²) in [6, 6.07) is 2.83. The van der Waals surface area contributed by atoms with Gasteiger partial charge in [0, 0.05) is 11.6 Å². The number of nitrogens with one attached hydrogen (secondary N) is 3. The Balaban J connectivity index is 1.11. The number of fused-ring (bicyclic) bond motifs is 1. The van der Waals surface area contributed by atoms with Crippen LogP contribution in [0.15, 0.2) is 18.3 Å². The number of amides is 1. The van der Waals surface area contributed by atoms with E-state index in [1.54, 1.807) is 0 Å². The zero-order valence-corrected chi connectivity index (χ0v) is 19.6. The van der Waals surface area contributed by atoms with E-state index in [2.05, 4.69) is 35.7 Å². The van der Waals surface area contributed by atoms with Gasteiger partial charge in [-0.05, 0) is 31.2 Å². The fourth-order valence-electron chi connectivity index (χ4n) is 4.95. The van der Waals surface area contributed by atoms with Gasteiger partial charge in [0.1, 0.15) is 23.4 Å². The van der Waals surface area contributed by atoms with Gasteiger partial charge in [0.15, 0.2) is 23.9 Å². The zero-order valence-electron chi connectivity index (χ0n) is 18.9. The molecule has 3 aromatic rings. The van der Waals surface area contributed by atoms with Gasteiger partial charge >= 0.3 is 12.5 Å². The minimum atomic E-state index is -4.81. The van der Waals surface area contributed by atoms with Crippen molar-refractivity contribution < 1.29 is 36.6 Å². The summed E-state index contributed by atoms with van der Waals surface area (Å²) in [5.74, 6) is 1.03. The standard InChI is InChI=1S/C21H20ClF4N7O4/c22-14-6-33-12(1-10(32-33)7-36-21(24,25)26)18(27-14)28-15-2-11(30-31-15)17-16(23)13(8-35-17)37-19(34)29-20-3-9(4-20)5-20/h1-2,6,9,13,16-17H,3-5,7-8H2,(H,29,34)(H2,27,28,30,31)/t9?,13?,16-,17+,20?/m0/s1. The fourth-order valence-corrected chi connectivity index (χ4v) is 5.13. The van der Waals surface area contributed by atoms with Crippen molar-refractivity contribution >= 4 is 34.8 Å². The number of halogens is 5. The molecule has 1 aliphatic heterocycles. The highest BCUT2D eigenvalue weighted by Crippen LogP contribution is 2.57. The first-order chi connectivity index (χ1) is 17.6. The molecular formula is C21H20ClF4N7O4. The highest BCUT2D eigenvalue weighted by atomic mass is 35.5. The lowest BCUT2D eigenvalue weighted by Crippen LogP contribution is -2.68. The molecule has 0 spiro atoms. The number of aromatic amines is 1. The Morgan fingerprint density at radius 1 is 1.32 bits per heavy atom. The van der Waals surface area contributed by atoms with Crippen molar-refractivity contribution in [2.45, 2.75) is 56.2 Å². The van der Waals surface area contributed by atoms with Gasteiger partial charge in [-0.3, -0.25) is 9.84 Å². The summed E-state index contributed by atoms with van der Waals surface area (Å²) in [5.41, 5.74) is 0.402. The molecule has 1 amide bonds. The van der Waals surface area contributed by atoms with Crippen molar-refractivity contribution in [2.75, 3.05) is 11.9 Å². The van der Waals surface area contributed by atoms with Crippen LogP contribution in [0, 0.1) is 5.92 Å². The predicted octanol–water partition coefficient (Wildman–Crippen LogP) is 3.94. The van der Waals surface area contributed by atoms with Gasteiger partial charge in [0.05, 0.1) is 24.2 Å². The van der Waals surface area contributed by atoms with Gasteiger partial charge < -0.3 is 20.1 Å². The van der Waals surface area contributed by atoms with Crippen molar-refractivity contribution in [3.05, 3.63) is 34.9 Å². The Morgan fingerprint density at radius 2 is 2.11 bits per heavy atom.